The Morgan fingerprint density at radius 2 is 1.67 bits per heavy atom. The summed E-state index contributed by atoms with van der Waals surface area (Å²) in [6.07, 6.45) is 1.49. The van der Waals surface area contributed by atoms with Crippen molar-refractivity contribution in [2.24, 2.45) is 0 Å². The van der Waals surface area contributed by atoms with Crippen molar-refractivity contribution in [3.05, 3.63) is 119 Å². The van der Waals surface area contributed by atoms with Gasteiger partial charge in [-0.3, -0.25) is 4.39 Å². The van der Waals surface area contributed by atoms with Crippen LogP contribution in [0.3, 0.4) is 0 Å². The van der Waals surface area contributed by atoms with E-state index in [1.165, 1.54) is 29.3 Å². The Bertz CT molecular complexity index is 2330. The molecule has 6 rings (SSSR count). The molecule has 4 aromatic carbocycles. The fraction of sp³-hybridized carbons (Fsp3) is 0.282. The van der Waals surface area contributed by atoms with Crippen LogP contribution in [0.1, 0.15) is 43.9 Å². The van der Waals surface area contributed by atoms with Crippen LogP contribution in [0.4, 0.5) is 13.6 Å². The van der Waals surface area contributed by atoms with Gasteiger partial charge in [-0.25, -0.2) is 9.18 Å². The lowest BCUT2D eigenvalue weighted by Crippen LogP contribution is -2.38. The lowest BCUT2D eigenvalue weighted by molar-refractivity contribution is 0.0247. The minimum Gasteiger partial charge on any atom is -0.444 e. The van der Waals surface area contributed by atoms with E-state index in [4.69, 9.17) is 16.3 Å². The third-order valence-corrected chi connectivity index (χ3v) is 10.7. The van der Waals surface area contributed by atoms with Crippen LogP contribution in [0.15, 0.2) is 96.0 Å². The average molecular weight is 733 g/mol. The number of fused-ring (bicyclic) bond motifs is 3. The zero-order valence-electron chi connectivity index (χ0n) is 28.9. The number of nitrogens with zero attached hydrogens (tertiary/aromatic N) is 4. The molecule has 0 spiro atoms. The first kappa shape index (κ1) is 36.1. The van der Waals surface area contributed by atoms with Crippen molar-refractivity contribution in [1.82, 2.24) is 18.7 Å². The minimum absolute atomic E-state index is 0.107. The molecular weight excluding hydrogens is 694 g/mol. The van der Waals surface area contributed by atoms with Gasteiger partial charge < -0.3 is 14.2 Å². The van der Waals surface area contributed by atoms with E-state index in [-0.39, 0.29) is 31.0 Å². The van der Waals surface area contributed by atoms with E-state index in [0.29, 0.717) is 50.1 Å². The Morgan fingerprint density at radius 1 is 0.961 bits per heavy atom. The molecular formula is C39H39ClF2N4O4S. The van der Waals surface area contributed by atoms with Gasteiger partial charge in [0.25, 0.3) is 10.0 Å². The lowest BCUT2D eigenvalue weighted by Gasteiger charge is -2.27. The SMILES string of the molecule is Cc1ccccc1-c1c(Cl)c2c3cnn(S(=O)(=O)c4ccccc4)c3ccc2n1Cc1ccc(CCN(CCCF)C(=O)OC(C)(C)C)cc1F. The van der Waals surface area contributed by atoms with Crippen molar-refractivity contribution in [3.63, 3.8) is 0 Å². The number of ether oxygens (including phenoxy) is 1. The molecule has 2 aromatic heterocycles. The van der Waals surface area contributed by atoms with E-state index in [9.17, 15) is 17.6 Å². The molecule has 0 saturated carbocycles. The second-order valence-corrected chi connectivity index (χ2v) is 15.6. The Labute approximate surface area is 301 Å². The highest BCUT2D eigenvalue weighted by Crippen LogP contribution is 2.43. The summed E-state index contributed by atoms with van der Waals surface area (Å²) in [6, 6.07) is 24.3. The summed E-state index contributed by atoms with van der Waals surface area (Å²) in [5.74, 6) is -0.434. The van der Waals surface area contributed by atoms with E-state index < -0.39 is 34.2 Å². The van der Waals surface area contributed by atoms with Gasteiger partial charge in [-0.2, -0.15) is 17.6 Å². The van der Waals surface area contributed by atoms with Crippen molar-refractivity contribution in [1.29, 1.82) is 0 Å². The summed E-state index contributed by atoms with van der Waals surface area (Å²) in [4.78, 5) is 14.3. The van der Waals surface area contributed by atoms with E-state index in [1.807, 2.05) is 41.8 Å². The number of benzene rings is 4. The molecule has 0 saturated heterocycles. The van der Waals surface area contributed by atoms with Gasteiger partial charge in [-0.1, -0.05) is 66.2 Å². The first-order valence-corrected chi connectivity index (χ1v) is 18.5. The summed E-state index contributed by atoms with van der Waals surface area (Å²) < 4.78 is 64.5. The molecule has 0 atom stereocenters. The topological polar surface area (TPSA) is 86.4 Å². The monoisotopic (exact) mass is 732 g/mol. The first-order chi connectivity index (χ1) is 24.3. The normalized spacial score (nSPS) is 12.1. The Hall–Kier alpha value is -4.74. The number of rotatable bonds is 11. The number of amides is 1. The molecule has 0 aliphatic carbocycles. The van der Waals surface area contributed by atoms with Crippen LogP contribution >= 0.6 is 11.6 Å². The summed E-state index contributed by atoms with van der Waals surface area (Å²) in [5, 5.41) is 5.84. The standard InChI is InChI=1S/C39H39ClF2N4O4S/c1-26-11-8-9-14-30(26)37-36(40)35-31-24-43-46(51(48,49)29-12-6-5-7-13-29)33(31)17-18-34(35)45(37)25-28-16-15-27(23-32(28)42)19-22-44(21-10-20-41)38(47)50-39(2,3)4/h5-9,11-18,23-24H,10,19-22,25H2,1-4H3. The first-order valence-electron chi connectivity index (χ1n) is 16.7. The molecule has 0 N–H and O–H groups in total. The average Bonchev–Trinajstić information content (AvgIpc) is 3.65. The minimum atomic E-state index is -3.99. The van der Waals surface area contributed by atoms with E-state index in [0.717, 1.165) is 15.2 Å². The smallest absolute Gasteiger partial charge is 0.410 e. The summed E-state index contributed by atoms with van der Waals surface area (Å²) in [5.41, 5.74) is 3.91. The number of halogens is 3. The largest absolute Gasteiger partial charge is 0.444 e. The molecule has 0 aliphatic heterocycles. The third kappa shape index (κ3) is 7.36. The molecule has 1 amide bonds. The molecule has 6 aromatic rings. The van der Waals surface area contributed by atoms with Gasteiger partial charge in [0.1, 0.15) is 11.4 Å². The lowest BCUT2D eigenvalue weighted by atomic mass is 10.0. The molecule has 8 nitrogen and oxygen atoms in total. The molecule has 0 bridgehead atoms. The maximum absolute atomic E-state index is 15.9. The molecule has 0 aliphatic rings. The van der Waals surface area contributed by atoms with Crippen LogP contribution < -0.4 is 0 Å². The third-order valence-electron chi connectivity index (χ3n) is 8.69. The van der Waals surface area contributed by atoms with E-state index in [2.05, 4.69) is 5.10 Å². The van der Waals surface area contributed by atoms with Crippen LogP contribution in [-0.4, -0.2) is 58.5 Å². The molecule has 2 heterocycles. The number of aromatic nitrogens is 3. The summed E-state index contributed by atoms with van der Waals surface area (Å²) in [6.45, 7) is 7.27. The molecule has 0 fully saturated rings. The second kappa shape index (κ2) is 14.5. The van der Waals surface area contributed by atoms with Gasteiger partial charge in [0.15, 0.2) is 0 Å². The van der Waals surface area contributed by atoms with Gasteiger partial charge in [0, 0.05) is 35.0 Å². The predicted octanol–water partition coefficient (Wildman–Crippen LogP) is 9.18. The fourth-order valence-corrected chi connectivity index (χ4v) is 7.90. The maximum Gasteiger partial charge on any atom is 0.410 e. The van der Waals surface area contributed by atoms with Crippen LogP contribution in [0.2, 0.25) is 5.02 Å². The van der Waals surface area contributed by atoms with Gasteiger partial charge >= 0.3 is 6.09 Å². The van der Waals surface area contributed by atoms with Gasteiger partial charge in [-0.15, -0.1) is 0 Å². The van der Waals surface area contributed by atoms with Crippen molar-refractivity contribution in [2.75, 3.05) is 19.8 Å². The molecule has 0 radical (unpaired) electrons. The van der Waals surface area contributed by atoms with Crippen molar-refractivity contribution in [3.8, 4) is 11.3 Å². The molecule has 51 heavy (non-hydrogen) atoms. The number of alkyl halides is 1. The van der Waals surface area contributed by atoms with Crippen LogP contribution in [-0.2, 0) is 27.7 Å². The van der Waals surface area contributed by atoms with E-state index >= 15 is 4.39 Å². The van der Waals surface area contributed by atoms with Gasteiger partial charge in [0.05, 0.1) is 46.1 Å². The Morgan fingerprint density at radius 3 is 2.35 bits per heavy atom. The highest BCUT2D eigenvalue weighted by atomic mass is 35.5. The van der Waals surface area contributed by atoms with Crippen LogP contribution in [0.5, 0.6) is 0 Å². The number of hydrogen-bond acceptors (Lipinski definition) is 5. The number of carbonyl (C=O) groups is 1. The van der Waals surface area contributed by atoms with Crippen LogP contribution in [0, 0.1) is 12.7 Å². The Balaban J connectivity index is 1.38. The molecule has 0 unspecified atom stereocenters. The zero-order valence-corrected chi connectivity index (χ0v) is 30.4. The number of carbonyl (C=O) groups excluding carboxylic acids is 1. The van der Waals surface area contributed by atoms with Crippen molar-refractivity contribution >= 4 is 49.5 Å². The van der Waals surface area contributed by atoms with Crippen molar-refractivity contribution < 1.29 is 26.7 Å². The quantitative estimate of drug-likeness (QED) is 0.133. The maximum atomic E-state index is 15.9. The summed E-state index contributed by atoms with van der Waals surface area (Å²) in [7, 11) is -3.99. The molecule has 12 heteroatoms. The zero-order chi connectivity index (χ0) is 36.5. The molecule has 266 valence electrons. The van der Waals surface area contributed by atoms with Crippen molar-refractivity contribution in [2.45, 2.75) is 57.6 Å². The Kier molecular flexibility index (Phi) is 10.2. The predicted molar refractivity (Wildman–Crippen MR) is 197 cm³/mol. The highest BCUT2D eigenvalue weighted by Gasteiger charge is 2.26. The van der Waals surface area contributed by atoms with E-state index in [1.54, 1.807) is 57.2 Å². The second-order valence-electron chi connectivity index (χ2n) is 13.4. The fourth-order valence-electron chi connectivity index (χ4n) is 6.21. The summed E-state index contributed by atoms with van der Waals surface area (Å²) >= 11 is 7.23. The van der Waals surface area contributed by atoms with Gasteiger partial charge in [-0.05, 0) is 82.0 Å². The van der Waals surface area contributed by atoms with Gasteiger partial charge in [0.2, 0.25) is 0 Å². The number of aryl methyl sites for hydroxylation is 1. The van der Waals surface area contributed by atoms with Crippen LogP contribution in [0.25, 0.3) is 33.1 Å². The highest BCUT2D eigenvalue weighted by molar-refractivity contribution is 7.90. The number of hydrogen-bond donors (Lipinski definition) is 0.